The van der Waals surface area contributed by atoms with E-state index < -0.39 is 0 Å². The Labute approximate surface area is 119 Å². The molecule has 106 valence electrons. The topological polar surface area (TPSA) is 61.0 Å². The molecular weight excluding hydrogens is 252 g/mol. The van der Waals surface area contributed by atoms with Gasteiger partial charge in [-0.3, -0.25) is 9.89 Å². The van der Waals surface area contributed by atoms with Crippen molar-refractivity contribution in [3.63, 3.8) is 0 Å². The lowest BCUT2D eigenvalue weighted by Crippen LogP contribution is -2.21. The zero-order chi connectivity index (χ0) is 14.5. The van der Waals surface area contributed by atoms with E-state index in [1.807, 2.05) is 31.2 Å². The lowest BCUT2D eigenvalue weighted by Gasteiger charge is -2.21. The molecular formula is C15H20N4O. The largest absolute Gasteiger partial charge is 0.372 e. The summed E-state index contributed by atoms with van der Waals surface area (Å²) >= 11 is 0. The normalized spacial score (nSPS) is 10.3. The van der Waals surface area contributed by atoms with Gasteiger partial charge in [-0.1, -0.05) is 0 Å². The van der Waals surface area contributed by atoms with Crippen LogP contribution in [-0.4, -0.2) is 29.2 Å². The molecule has 0 fully saturated rings. The Balaban J connectivity index is 2.08. The van der Waals surface area contributed by atoms with Crippen molar-refractivity contribution in [3.8, 4) is 0 Å². The minimum Gasteiger partial charge on any atom is -0.372 e. The third-order valence-electron chi connectivity index (χ3n) is 3.33. The number of aromatic amines is 1. The van der Waals surface area contributed by atoms with E-state index in [9.17, 15) is 4.79 Å². The summed E-state index contributed by atoms with van der Waals surface area (Å²) in [5.41, 5.74) is 3.28. The molecule has 0 atom stereocenters. The first kappa shape index (κ1) is 14.1. The van der Waals surface area contributed by atoms with Crippen molar-refractivity contribution in [2.45, 2.75) is 20.8 Å². The van der Waals surface area contributed by atoms with Gasteiger partial charge in [0, 0.05) is 30.2 Å². The highest BCUT2D eigenvalue weighted by molar-refractivity contribution is 6.04. The van der Waals surface area contributed by atoms with E-state index in [0.717, 1.165) is 30.2 Å². The van der Waals surface area contributed by atoms with E-state index in [-0.39, 0.29) is 5.91 Å². The average Bonchev–Trinajstić information content (AvgIpc) is 2.88. The standard InChI is InChI=1S/C15H20N4O/c1-4-19(5-2)13-8-6-12(7-9-13)17-15(20)14-10-16-18-11(14)3/h6-10H,4-5H2,1-3H3,(H,16,18)(H,17,20). The number of benzene rings is 1. The van der Waals surface area contributed by atoms with Crippen LogP contribution in [0.25, 0.3) is 0 Å². The fourth-order valence-corrected chi connectivity index (χ4v) is 2.12. The first-order valence-electron chi connectivity index (χ1n) is 6.82. The van der Waals surface area contributed by atoms with Gasteiger partial charge in [-0.15, -0.1) is 0 Å². The van der Waals surface area contributed by atoms with Gasteiger partial charge < -0.3 is 10.2 Å². The van der Waals surface area contributed by atoms with Crippen molar-refractivity contribution in [2.75, 3.05) is 23.3 Å². The summed E-state index contributed by atoms with van der Waals surface area (Å²) < 4.78 is 0. The van der Waals surface area contributed by atoms with Crippen LogP contribution in [0.3, 0.4) is 0 Å². The minimum atomic E-state index is -0.146. The third-order valence-corrected chi connectivity index (χ3v) is 3.33. The highest BCUT2D eigenvalue weighted by Gasteiger charge is 2.11. The Morgan fingerprint density at radius 2 is 1.90 bits per heavy atom. The Hall–Kier alpha value is -2.30. The summed E-state index contributed by atoms with van der Waals surface area (Å²) in [7, 11) is 0. The van der Waals surface area contributed by atoms with E-state index in [2.05, 4.69) is 34.3 Å². The molecule has 2 rings (SSSR count). The molecule has 2 aromatic rings. The van der Waals surface area contributed by atoms with E-state index in [4.69, 9.17) is 0 Å². The molecule has 1 aromatic carbocycles. The number of aromatic nitrogens is 2. The van der Waals surface area contributed by atoms with Crippen LogP contribution in [0.1, 0.15) is 29.9 Å². The smallest absolute Gasteiger partial charge is 0.259 e. The first-order chi connectivity index (χ1) is 9.65. The fourth-order valence-electron chi connectivity index (χ4n) is 2.12. The van der Waals surface area contributed by atoms with Crippen LogP contribution in [-0.2, 0) is 0 Å². The number of carbonyl (C=O) groups is 1. The van der Waals surface area contributed by atoms with Crippen LogP contribution in [0.5, 0.6) is 0 Å². The molecule has 0 saturated carbocycles. The zero-order valence-corrected chi connectivity index (χ0v) is 12.1. The van der Waals surface area contributed by atoms with E-state index in [1.165, 1.54) is 6.20 Å². The van der Waals surface area contributed by atoms with Gasteiger partial charge in [0.1, 0.15) is 0 Å². The second-order valence-corrected chi connectivity index (χ2v) is 4.58. The third kappa shape index (κ3) is 2.99. The second-order valence-electron chi connectivity index (χ2n) is 4.58. The highest BCUT2D eigenvalue weighted by Crippen LogP contribution is 2.18. The predicted octanol–water partition coefficient (Wildman–Crippen LogP) is 2.82. The highest BCUT2D eigenvalue weighted by atomic mass is 16.1. The monoisotopic (exact) mass is 272 g/mol. The van der Waals surface area contributed by atoms with Crippen molar-refractivity contribution in [2.24, 2.45) is 0 Å². The van der Waals surface area contributed by atoms with Gasteiger partial charge in [0.15, 0.2) is 0 Å². The maximum Gasteiger partial charge on any atom is 0.259 e. The molecule has 0 spiro atoms. The van der Waals surface area contributed by atoms with Crippen molar-refractivity contribution in [1.82, 2.24) is 10.2 Å². The molecule has 0 aliphatic heterocycles. The molecule has 0 aliphatic carbocycles. The second kappa shape index (κ2) is 6.23. The summed E-state index contributed by atoms with van der Waals surface area (Å²) in [6.45, 7) is 8.01. The SMILES string of the molecule is CCN(CC)c1ccc(NC(=O)c2cn[nH]c2C)cc1. The summed E-state index contributed by atoms with van der Waals surface area (Å²) in [5.74, 6) is -0.146. The van der Waals surface area contributed by atoms with Gasteiger partial charge in [-0.25, -0.2) is 0 Å². The van der Waals surface area contributed by atoms with E-state index in [0.29, 0.717) is 5.56 Å². The summed E-state index contributed by atoms with van der Waals surface area (Å²) in [6, 6.07) is 7.87. The predicted molar refractivity (Wildman–Crippen MR) is 81.3 cm³/mol. The van der Waals surface area contributed by atoms with Gasteiger partial charge >= 0.3 is 0 Å². The number of nitrogens with zero attached hydrogens (tertiary/aromatic N) is 2. The Kier molecular flexibility index (Phi) is 4.40. The number of rotatable bonds is 5. The average molecular weight is 272 g/mol. The van der Waals surface area contributed by atoms with Gasteiger partial charge in [0.2, 0.25) is 0 Å². The summed E-state index contributed by atoms with van der Waals surface area (Å²) in [6.07, 6.45) is 1.54. The molecule has 0 radical (unpaired) electrons. The number of hydrogen-bond acceptors (Lipinski definition) is 3. The van der Waals surface area contributed by atoms with Crippen molar-refractivity contribution in [1.29, 1.82) is 0 Å². The molecule has 5 heteroatoms. The fraction of sp³-hybridized carbons (Fsp3) is 0.333. The molecule has 2 N–H and O–H groups in total. The first-order valence-corrected chi connectivity index (χ1v) is 6.82. The van der Waals surface area contributed by atoms with Gasteiger partial charge in [0.05, 0.1) is 11.8 Å². The molecule has 0 aliphatic rings. The molecule has 0 unspecified atom stereocenters. The van der Waals surface area contributed by atoms with Crippen LogP contribution in [0.2, 0.25) is 0 Å². The lowest BCUT2D eigenvalue weighted by molar-refractivity contribution is 0.102. The molecule has 0 saturated heterocycles. The lowest BCUT2D eigenvalue weighted by atomic mass is 10.2. The molecule has 0 bridgehead atoms. The van der Waals surface area contributed by atoms with Crippen LogP contribution in [0.4, 0.5) is 11.4 Å². The van der Waals surface area contributed by atoms with Crippen LogP contribution >= 0.6 is 0 Å². The number of nitrogens with one attached hydrogen (secondary N) is 2. The number of carbonyl (C=O) groups excluding carboxylic acids is 1. The van der Waals surface area contributed by atoms with Crippen molar-refractivity contribution < 1.29 is 4.79 Å². The maximum atomic E-state index is 12.0. The minimum absolute atomic E-state index is 0.146. The quantitative estimate of drug-likeness (QED) is 0.879. The Morgan fingerprint density at radius 3 is 2.40 bits per heavy atom. The number of anilines is 2. The van der Waals surface area contributed by atoms with Crippen molar-refractivity contribution >= 4 is 17.3 Å². The number of H-pyrrole nitrogens is 1. The Morgan fingerprint density at radius 1 is 1.25 bits per heavy atom. The van der Waals surface area contributed by atoms with Crippen LogP contribution < -0.4 is 10.2 Å². The van der Waals surface area contributed by atoms with Crippen molar-refractivity contribution in [3.05, 3.63) is 41.7 Å². The Bertz CT molecular complexity index is 570. The number of aryl methyl sites for hydroxylation is 1. The molecule has 1 amide bonds. The summed E-state index contributed by atoms with van der Waals surface area (Å²) in [5, 5.41) is 9.48. The maximum absolute atomic E-state index is 12.0. The number of hydrogen-bond donors (Lipinski definition) is 2. The van der Waals surface area contributed by atoms with E-state index in [1.54, 1.807) is 0 Å². The molecule has 1 heterocycles. The van der Waals surface area contributed by atoms with Gasteiger partial charge in [-0.2, -0.15) is 5.10 Å². The van der Waals surface area contributed by atoms with E-state index >= 15 is 0 Å². The van der Waals surface area contributed by atoms with Crippen LogP contribution in [0, 0.1) is 6.92 Å². The molecule has 5 nitrogen and oxygen atoms in total. The number of amides is 1. The molecule has 20 heavy (non-hydrogen) atoms. The van der Waals surface area contributed by atoms with Gasteiger partial charge in [0.25, 0.3) is 5.91 Å². The molecule has 1 aromatic heterocycles. The summed E-state index contributed by atoms with van der Waals surface area (Å²) in [4.78, 5) is 14.3. The zero-order valence-electron chi connectivity index (χ0n) is 12.1. The van der Waals surface area contributed by atoms with Gasteiger partial charge in [-0.05, 0) is 45.0 Å². The van der Waals surface area contributed by atoms with Crippen LogP contribution in [0.15, 0.2) is 30.5 Å².